The van der Waals surface area contributed by atoms with E-state index in [4.69, 9.17) is 9.47 Å². The predicted octanol–water partition coefficient (Wildman–Crippen LogP) is 2.67. The molecule has 0 radical (unpaired) electrons. The van der Waals surface area contributed by atoms with E-state index in [2.05, 4.69) is 10.1 Å². The molecule has 1 fully saturated rings. The Kier molecular flexibility index (Phi) is 6.65. The zero-order chi connectivity index (χ0) is 20.0. The first kappa shape index (κ1) is 20.5. The van der Waals surface area contributed by atoms with Crippen LogP contribution in [0.1, 0.15) is 32.8 Å². The number of hydrogen-bond acceptors (Lipinski definition) is 6. The monoisotopic (exact) mass is 378 g/mol. The molecule has 0 saturated carbocycles. The standard InChI is InChI=1S/C19H26N2O6/c1-19(2,3)27-18(24)21-11-14(10-15(22)25-4)16(21)20-17(23)26-12-13-8-6-5-7-9-13/h5-9,14,16H,10-12H2,1-4H3,(H,20,23)/t14-,16+/m1/s1. The topological polar surface area (TPSA) is 94.2 Å². The second-order valence-electron chi connectivity index (χ2n) is 7.32. The van der Waals surface area contributed by atoms with Crippen molar-refractivity contribution in [3.05, 3.63) is 35.9 Å². The number of carbonyl (C=O) groups excluding carboxylic acids is 3. The summed E-state index contributed by atoms with van der Waals surface area (Å²) in [5.74, 6) is -0.678. The van der Waals surface area contributed by atoms with Crippen molar-refractivity contribution in [2.75, 3.05) is 13.7 Å². The fraction of sp³-hybridized carbons (Fsp3) is 0.526. The van der Waals surface area contributed by atoms with Crippen LogP contribution in [0.25, 0.3) is 0 Å². The number of alkyl carbamates (subject to hydrolysis) is 1. The Hall–Kier alpha value is -2.77. The van der Waals surface area contributed by atoms with Gasteiger partial charge in [0.25, 0.3) is 0 Å². The van der Waals surface area contributed by atoms with Crippen molar-refractivity contribution in [1.82, 2.24) is 10.2 Å². The molecule has 1 aromatic carbocycles. The molecule has 1 aliphatic rings. The molecule has 2 rings (SSSR count). The van der Waals surface area contributed by atoms with E-state index in [0.717, 1.165) is 5.56 Å². The highest BCUT2D eigenvalue weighted by atomic mass is 16.6. The molecule has 2 amide bonds. The van der Waals surface area contributed by atoms with Crippen molar-refractivity contribution in [1.29, 1.82) is 0 Å². The van der Waals surface area contributed by atoms with Crippen molar-refractivity contribution < 1.29 is 28.6 Å². The number of methoxy groups -OCH3 is 1. The lowest BCUT2D eigenvalue weighted by Crippen LogP contribution is -2.66. The van der Waals surface area contributed by atoms with Gasteiger partial charge in [0.1, 0.15) is 18.4 Å². The first-order chi connectivity index (χ1) is 12.7. The summed E-state index contributed by atoms with van der Waals surface area (Å²) in [6.45, 7) is 5.66. The predicted molar refractivity (Wildman–Crippen MR) is 96.6 cm³/mol. The van der Waals surface area contributed by atoms with Gasteiger partial charge in [-0.1, -0.05) is 30.3 Å². The normalized spacial score (nSPS) is 18.9. The van der Waals surface area contributed by atoms with Gasteiger partial charge in [-0.05, 0) is 26.3 Å². The molecule has 1 aliphatic heterocycles. The summed E-state index contributed by atoms with van der Waals surface area (Å²) in [5, 5.41) is 2.64. The summed E-state index contributed by atoms with van der Waals surface area (Å²) in [7, 11) is 1.29. The number of carbonyl (C=O) groups is 3. The van der Waals surface area contributed by atoms with E-state index in [9.17, 15) is 14.4 Å². The second kappa shape index (κ2) is 8.75. The molecule has 148 valence electrons. The van der Waals surface area contributed by atoms with Crippen molar-refractivity contribution in [3.8, 4) is 0 Å². The molecule has 1 aromatic rings. The van der Waals surface area contributed by atoms with Crippen LogP contribution in [-0.2, 0) is 25.6 Å². The third kappa shape index (κ3) is 6.16. The number of esters is 1. The third-order valence-corrected chi connectivity index (χ3v) is 3.98. The fourth-order valence-corrected chi connectivity index (χ4v) is 2.65. The molecule has 27 heavy (non-hydrogen) atoms. The summed E-state index contributed by atoms with van der Waals surface area (Å²) in [6, 6.07) is 9.24. The van der Waals surface area contributed by atoms with Crippen LogP contribution >= 0.6 is 0 Å². The number of nitrogens with one attached hydrogen (secondary N) is 1. The van der Waals surface area contributed by atoms with Gasteiger partial charge in [-0.3, -0.25) is 9.69 Å². The van der Waals surface area contributed by atoms with Gasteiger partial charge in [0.05, 0.1) is 13.5 Å². The fourth-order valence-electron chi connectivity index (χ4n) is 2.65. The summed E-state index contributed by atoms with van der Waals surface area (Å²) in [6.07, 6.45) is -1.84. The van der Waals surface area contributed by atoms with Gasteiger partial charge in [-0.25, -0.2) is 9.59 Å². The molecule has 2 atom stereocenters. The van der Waals surface area contributed by atoms with Crippen LogP contribution in [0.5, 0.6) is 0 Å². The molecule has 0 bridgehead atoms. The molecule has 1 N–H and O–H groups in total. The Morgan fingerprint density at radius 3 is 2.44 bits per heavy atom. The van der Waals surface area contributed by atoms with E-state index in [1.54, 1.807) is 20.8 Å². The van der Waals surface area contributed by atoms with Crippen molar-refractivity contribution in [2.45, 2.75) is 45.6 Å². The minimum absolute atomic E-state index is 0.0828. The van der Waals surface area contributed by atoms with Gasteiger partial charge in [0.15, 0.2) is 0 Å². The number of rotatable bonds is 5. The molecule has 0 spiro atoms. The maximum atomic E-state index is 12.3. The summed E-state index contributed by atoms with van der Waals surface area (Å²) < 4.78 is 15.2. The Bertz CT molecular complexity index is 671. The van der Waals surface area contributed by atoms with Gasteiger partial charge in [0.2, 0.25) is 0 Å². The maximum Gasteiger partial charge on any atom is 0.411 e. The Labute approximate surface area is 158 Å². The van der Waals surface area contributed by atoms with Crippen molar-refractivity contribution >= 4 is 18.2 Å². The maximum absolute atomic E-state index is 12.3. The van der Waals surface area contributed by atoms with Crippen molar-refractivity contribution in [2.24, 2.45) is 5.92 Å². The molecule has 0 unspecified atom stereocenters. The summed E-state index contributed by atoms with van der Waals surface area (Å²) in [5.41, 5.74) is 0.180. The number of likely N-dealkylation sites (tertiary alicyclic amines) is 1. The lowest BCUT2D eigenvalue weighted by atomic mass is 9.92. The quantitative estimate of drug-likeness (QED) is 0.625. The molecular formula is C19H26N2O6. The molecular weight excluding hydrogens is 352 g/mol. The molecule has 1 heterocycles. The smallest absolute Gasteiger partial charge is 0.411 e. The first-order valence-corrected chi connectivity index (χ1v) is 8.73. The van der Waals surface area contributed by atoms with E-state index in [1.807, 2.05) is 30.3 Å². The second-order valence-corrected chi connectivity index (χ2v) is 7.32. The van der Waals surface area contributed by atoms with Crippen LogP contribution in [0.15, 0.2) is 30.3 Å². The van der Waals surface area contributed by atoms with Gasteiger partial charge < -0.3 is 19.5 Å². The Morgan fingerprint density at radius 1 is 1.19 bits per heavy atom. The number of benzene rings is 1. The largest absolute Gasteiger partial charge is 0.469 e. The highest BCUT2D eigenvalue weighted by molar-refractivity contribution is 5.74. The van der Waals surface area contributed by atoms with Crippen LogP contribution in [0, 0.1) is 5.92 Å². The van der Waals surface area contributed by atoms with Gasteiger partial charge in [-0.2, -0.15) is 0 Å². The SMILES string of the molecule is COC(=O)C[C@@H]1CN(C(=O)OC(C)(C)C)[C@@H]1NC(=O)OCc1ccccc1. The zero-order valence-corrected chi connectivity index (χ0v) is 16.1. The van der Waals surface area contributed by atoms with E-state index in [1.165, 1.54) is 12.0 Å². The van der Waals surface area contributed by atoms with Crippen LogP contribution < -0.4 is 5.32 Å². The van der Waals surface area contributed by atoms with E-state index >= 15 is 0 Å². The average Bonchev–Trinajstić information content (AvgIpc) is 2.60. The number of nitrogens with zero attached hydrogens (tertiary/aromatic N) is 1. The van der Waals surface area contributed by atoms with Crippen molar-refractivity contribution in [3.63, 3.8) is 0 Å². The first-order valence-electron chi connectivity index (χ1n) is 8.73. The van der Waals surface area contributed by atoms with Gasteiger partial charge >= 0.3 is 18.2 Å². The average molecular weight is 378 g/mol. The number of ether oxygens (including phenoxy) is 3. The minimum Gasteiger partial charge on any atom is -0.469 e. The van der Waals surface area contributed by atoms with Gasteiger partial charge in [-0.15, -0.1) is 0 Å². The molecule has 1 saturated heterocycles. The Morgan fingerprint density at radius 2 is 1.85 bits per heavy atom. The third-order valence-electron chi connectivity index (χ3n) is 3.98. The lowest BCUT2D eigenvalue weighted by Gasteiger charge is -2.47. The highest BCUT2D eigenvalue weighted by Crippen LogP contribution is 2.28. The highest BCUT2D eigenvalue weighted by Gasteiger charge is 2.46. The Balaban J connectivity index is 1.96. The molecule has 0 aliphatic carbocycles. The zero-order valence-electron chi connectivity index (χ0n) is 16.1. The van der Waals surface area contributed by atoms with Gasteiger partial charge in [0, 0.05) is 12.5 Å². The lowest BCUT2D eigenvalue weighted by molar-refractivity contribution is -0.145. The number of amides is 2. The van der Waals surface area contributed by atoms with Crippen LogP contribution in [-0.4, -0.2) is 48.5 Å². The molecule has 8 nitrogen and oxygen atoms in total. The van der Waals surface area contributed by atoms with Crippen LogP contribution in [0.2, 0.25) is 0 Å². The van der Waals surface area contributed by atoms with E-state index in [-0.39, 0.29) is 25.5 Å². The number of hydrogen-bond donors (Lipinski definition) is 1. The summed E-state index contributed by atoms with van der Waals surface area (Å²) >= 11 is 0. The van der Waals surface area contributed by atoms with Crippen LogP contribution in [0.4, 0.5) is 9.59 Å². The molecule has 8 heteroatoms. The van der Waals surface area contributed by atoms with E-state index < -0.39 is 29.9 Å². The summed E-state index contributed by atoms with van der Waals surface area (Å²) in [4.78, 5) is 37.4. The van der Waals surface area contributed by atoms with E-state index in [0.29, 0.717) is 0 Å². The minimum atomic E-state index is -0.692. The molecule has 0 aromatic heterocycles. The van der Waals surface area contributed by atoms with Crippen LogP contribution in [0.3, 0.4) is 0 Å².